The van der Waals surface area contributed by atoms with Crippen molar-refractivity contribution in [2.24, 2.45) is 0 Å². The Morgan fingerprint density at radius 2 is 1.85 bits per heavy atom. The van der Waals surface area contributed by atoms with Gasteiger partial charge in [-0.3, -0.25) is 4.79 Å². The summed E-state index contributed by atoms with van der Waals surface area (Å²) in [5.41, 5.74) is 2.29. The first-order valence-electron chi connectivity index (χ1n) is 6.47. The number of fused-ring (bicyclic) bond motifs is 1. The van der Waals surface area contributed by atoms with E-state index >= 15 is 0 Å². The molecule has 0 radical (unpaired) electrons. The summed E-state index contributed by atoms with van der Waals surface area (Å²) in [5, 5.41) is 13.0. The molecule has 0 heterocycles. The molecule has 1 aliphatic carbocycles. The third-order valence-electron chi connectivity index (χ3n) is 3.62. The summed E-state index contributed by atoms with van der Waals surface area (Å²) >= 11 is 0. The van der Waals surface area contributed by atoms with Crippen LogP contribution in [0.4, 0.5) is 4.39 Å². The topological polar surface area (TPSA) is 49.3 Å². The van der Waals surface area contributed by atoms with E-state index in [0.717, 1.165) is 11.1 Å². The maximum absolute atomic E-state index is 12.8. The van der Waals surface area contributed by atoms with Gasteiger partial charge >= 0.3 is 0 Å². The van der Waals surface area contributed by atoms with Crippen molar-refractivity contribution in [1.29, 1.82) is 0 Å². The van der Waals surface area contributed by atoms with Crippen molar-refractivity contribution in [3.63, 3.8) is 0 Å². The summed E-state index contributed by atoms with van der Waals surface area (Å²) in [5.74, 6) is -0.684. The van der Waals surface area contributed by atoms with Crippen LogP contribution in [0.15, 0.2) is 48.5 Å². The number of hydrogen-bond donors (Lipinski definition) is 2. The number of aliphatic hydroxyl groups excluding tert-OH is 1. The van der Waals surface area contributed by atoms with Crippen molar-refractivity contribution >= 4 is 5.91 Å². The Bertz CT molecular complexity index is 639. The Labute approximate surface area is 116 Å². The minimum absolute atomic E-state index is 0.304. The fraction of sp³-hybridized carbons (Fsp3) is 0.188. The normalized spacial score (nSPS) is 20.5. The molecule has 0 aliphatic heterocycles. The summed E-state index contributed by atoms with van der Waals surface area (Å²) in [7, 11) is 0. The van der Waals surface area contributed by atoms with Crippen LogP contribution in [0, 0.1) is 5.82 Å². The Morgan fingerprint density at radius 3 is 2.55 bits per heavy atom. The maximum atomic E-state index is 12.8. The van der Waals surface area contributed by atoms with Crippen molar-refractivity contribution < 1.29 is 14.3 Å². The molecule has 2 N–H and O–H groups in total. The SMILES string of the molecule is O=C(NC1Cc2ccccc2C1O)c1ccc(F)cc1. The monoisotopic (exact) mass is 271 g/mol. The van der Waals surface area contributed by atoms with Crippen LogP contribution in [0.2, 0.25) is 0 Å². The quantitative estimate of drug-likeness (QED) is 0.880. The largest absolute Gasteiger partial charge is 0.386 e. The minimum atomic E-state index is -0.699. The lowest BCUT2D eigenvalue weighted by molar-refractivity contribution is 0.0858. The molecule has 3 rings (SSSR count). The van der Waals surface area contributed by atoms with Gasteiger partial charge in [0.1, 0.15) is 5.82 Å². The molecule has 2 aromatic carbocycles. The van der Waals surface area contributed by atoms with Crippen molar-refractivity contribution in [3.8, 4) is 0 Å². The highest BCUT2D eigenvalue weighted by Crippen LogP contribution is 2.31. The number of aliphatic hydroxyl groups is 1. The number of hydrogen-bond acceptors (Lipinski definition) is 2. The zero-order valence-corrected chi connectivity index (χ0v) is 10.7. The molecule has 2 atom stereocenters. The van der Waals surface area contributed by atoms with Gasteiger partial charge in [-0.05, 0) is 41.8 Å². The predicted molar refractivity (Wildman–Crippen MR) is 72.8 cm³/mol. The van der Waals surface area contributed by atoms with E-state index in [0.29, 0.717) is 12.0 Å². The zero-order valence-electron chi connectivity index (χ0n) is 10.7. The molecule has 2 aromatic rings. The molecular weight excluding hydrogens is 257 g/mol. The Balaban J connectivity index is 1.74. The van der Waals surface area contributed by atoms with E-state index in [1.165, 1.54) is 24.3 Å². The van der Waals surface area contributed by atoms with Gasteiger partial charge in [-0.1, -0.05) is 24.3 Å². The highest BCUT2D eigenvalue weighted by Gasteiger charge is 2.31. The molecule has 20 heavy (non-hydrogen) atoms. The Kier molecular flexibility index (Phi) is 3.24. The van der Waals surface area contributed by atoms with E-state index in [1.807, 2.05) is 24.3 Å². The second kappa shape index (κ2) is 5.06. The van der Waals surface area contributed by atoms with E-state index < -0.39 is 6.10 Å². The molecule has 0 spiro atoms. The lowest BCUT2D eigenvalue weighted by Gasteiger charge is -2.17. The number of rotatable bonds is 2. The van der Waals surface area contributed by atoms with E-state index in [4.69, 9.17) is 0 Å². The van der Waals surface area contributed by atoms with Gasteiger partial charge in [-0.15, -0.1) is 0 Å². The predicted octanol–water partition coefficient (Wildman–Crippen LogP) is 2.21. The zero-order chi connectivity index (χ0) is 14.1. The van der Waals surface area contributed by atoms with E-state index in [2.05, 4.69) is 5.32 Å². The van der Waals surface area contributed by atoms with E-state index in [1.54, 1.807) is 0 Å². The number of benzene rings is 2. The number of carbonyl (C=O) groups is 1. The van der Waals surface area contributed by atoms with Gasteiger partial charge in [0.05, 0.1) is 12.1 Å². The molecule has 1 amide bonds. The fourth-order valence-electron chi connectivity index (χ4n) is 2.56. The first-order chi connectivity index (χ1) is 9.65. The number of carbonyl (C=O) groups excluding carboxylic acids is 1. The third kappa shape index (κ3) is 2.30. The fourth-order valence-corrected chi connectivity index (χ4v) is 2.56. The molecule has 3 nitrogen and oxygen atoms in total. The van der Waals surface area contributed by atoms with Gasteiger partial charge in [0.25, 0.3) is 5.91 Å². The Morgan fingerprint density at radius 1 is 1.15 bits per heavy atom. The third-order valence-corrected chi connectivity index (χ3v) is 3.62. The smallest absolute Gasteiger partial charge is 0.251 e. The van der Waals surface area contributed by atoms with Crippen molar-refractivity contribution in [2.45, 2.75) is 18.6 Å². The summed E-state index contributed by atoms with van der Waals surface area (Å²) in [6.45, 7) is 0. The molecule has 102 valence electrons. The van der Waals surface area contributed by atoms with Crippen LogP contribution < -0.4 is 5.32 Å². The average molecular weight is 271 g/mol. The molecule has 0 saturated heterocycles. The van der Waals surface area contributed by atoms with E-state index in [-0.39, 0.29) is 17.8 Å². The van der Waals surface area contributed by atoms with Crippen LogP contribution in [-0.2, 0) is 6.42 Å². The molecular formula is C16H14FNO2. The van der Waals surface area contributed by atoms with Crippen LogP contribution in [0.25, 0.3) is 0 Å². The van der Waals surface area contributed by atoms with E-state index in [9.17, 15) is 14.3 Å². The highest BCUT2D eigenvalue weighted by molar-refractivity contribution is 5.94. The highest BCUT2D eigenvalue weighted by atomic mass is 19.1. The lowest BCUT2D eigenvalue weighted by atomic mass is 10.1. The van der Waals surface area contributed by atoms with Crippen molar-refractivity contribution in [2.75, 3.05) is 0 Å². The number of amides is 1. The molecule has 0 aromatic heterocycles. The molecule has 0 saturated carbocycles. The summed E-state index contributed by atoms with van der Waals surface area (Å²) in [6, 6.07) is 12.6. The van der Waals surface area contributed by atoms with Crippen LogP contribution in [-0.4, -0.2) is 17.1 Å². The van der Waals surface area contributed by atoms with Crippen LogP contribution in [0.5, 0.6) is 0 Å². The van der Waals surface area contributed by atoms with Gasteiger partial charge in [-0.2, -0.15) is 0 Å². The average Bonchev–Trinajstić information content (AvgIpc) is 2.77. The molecule has 0 fully saturated rings. The minimum Gasteiger partial charge on any atom is -0.386 e. The van der Waals surface area contributed by atoms with Crippen LogP contribution >= 0.6 is 0 Å². The lowest BCUT2D eigenvalue weighted by Crippen LogP contribution is -2.37. The van der Waals surface area contributed by atoms with Crippen molar-refractivity contribution in [3.05, 3.63) is 71.0 Å². The van der Waals surface area contributed by atoms with Gasteiger partial charge in [0.2, 0.25) is 0 Å². The number of nitrogens with one attached hydrogen (secondary N) is 1. The first-order valence-corrected chi connectivity index (χ1v) is 6.47. The van der Waals surface area contributed by atoms with Gasteiger partial charge < -0.3 is 10.4 Å². The second-order valence-electron chi connectivity index (χ2n) is 4.93. The number of halogens is 1. The first kappa shape index (κ1) is 12.8. The Hall–Kier alpha value is -2.20. The molecule has 0 bridgehead atoms. The standard InChI is InChI=1S/C16H14FNO2/c17-12-7-5-10(6-8-12)16(20)18-14-9-11-3-1-2-4-13(11)15(14)19/h1-8,14-15,19H,9H2,(H,18,20). The van der Waals surface area contributed by atoms with Crippen LogP contribution in [0.3, 0.4) is 0 Å². The van der Waals surface area contributed by atoms with Gasteiger partial charge in [-0.25, -0.2) is 4.39 Å². The second-order valence-corrected chi connectivity index (χ2v) is 4.93. The van der Waals surface area contributed by atoms with Gasteiger partial charge in [0, 0.05) is 5.56 Å². The van der Waals surface area contributed by atoms with Crippen molar-refractivity contribution in [1.82, 2.24) is 5.32 Å². The molecule has 1 aliphatic rings. The van der Waals surface area contributed by atoms with Crippen LogP contribution in [0.1, 0.15) is 27.6 Å². The summed E-state index contributed by atoms with van der Waals surface area (Å²) in [6.07, 6.45) is -0.0971. The molecule has 2 unspecified atom stereocenters. The maximum Gasteiger partial charge on any atom is 0.251 e. The summed E-state index contributed by atoms with van der Waals surface area (Å²) < 4.78 is 12.8. The molecule has 4 heteroatoms. The van der Waals surface area contributed by atoms with Gasteiger partial charge in [0.15, 0.2) is 0 Å². The summed E-state index contributed by atoms with van der Waals surface area (Å²) in [4.78, 5) is 12.1.